The lowest BCUT2D eigenvalue weighted by atomic mass is 9.95. The van der Waals surface area contributed by atoms with E-state index in [-0.39, 0.29) is 6.10 Å². The van der Waals surface area contributed by atoms with Crippen LogP contribution in [0.3, 0.4) is 0 Å². The van der Waals surface area contributed by atoms with Gasteiger partial charge < -0.3 is 5.11 Å². The number of rotatable bonds is 3. The van der Waals surface area contributed by atoms with Crippen molar-refractivity contribution in [2.24, 2.45) is 5.92 Å². The molecule has 0 heterocycles. The molecular weight excluding hydrogens is 220 g/mol. The summed E-state index contributed by atoms with van der Waals surface area (Å²) in [7, 11) is 0. The van der Waals surface area contributed by atoms with E-state index in [1.165, 1.54) is 11.1 Å². The Morgan fingerprint density at radius 3 is 2.44 bits per heavy atom. The fourth-order valence-corrected chi connectivity index (χ4v) is 2.91. The molecule has 2 unspecified atom stereocenters. The summed E-state index contributed by atoms with van der Waals surface area (Å²) in [6.07, 6.45) is 2.85. The van der Waals surface area contributed by atoms with Crippen LogP contribution in [-0.2, 0) is 12.8 Å². The maximum Gasteiger partial charge on any atom is 0.0824 e. The van der Waals surface area contributed by atoms with Crippen molar-refractivity contribution in [2.75, 3.05) is 0 Å². The third-order valence-electron chi connectivity index (χ3n) is 3.95. The lowest BCUT2D eigenvalue weighted by Crippen LogP contribution is -2.08. The van der Waals surface area contributed by atoms with E-state index in [0.717, 1.165) is 24.8 Å². The van der Waals surface area contributed by atoms with Gasteiger partial charge in [0, 0.05) is 0 Å². The predicted octanol–water partition coefficient (Wildman–Crippen LogP) is 3.53. The Morgan fingerprint density at radius 2 is 1.67 bits per heavy atom. The zero-order chi connectivity index (χ0) is 12.4. The average molecular weight is 238 g/mol. The topological polar surface area (TPSA) is 20.2 Å². The van der Waals surface area contributed by atoms with Crippen molar-refractivity contribution < 1.29 is 5.11 Å². The summed E-state index contributed by atoms with van der Waals surface area (Å²) in [6.45, 7) is 0. The molecule has 0 aliphatic heterocycles. The van der Waals surface area contributed by atoms with E-state index in [1.54, 1.807) is 0 Å². The highest BCUT2D eigenvalue weighted by Crippen LogP contribution is 2.38. The van der Waals surface area contributed by atoms with Gasteiger partial charge in [-0.15, -0.1) is 0 Å². The van der Waals surface area contributed by atoms with E-state index in [0.29, 0.717) is 5.92 Å². The van der Waals surface area contributed by atoms with Crippen LogP contribution in [0.15, 0.2) is 54.6 Å². The third kappa shape index (κ3) is 2.19. The first kappa shape index (κ1) is 11.5. The molecule has 1 heteroatoms. The Bertz CT molecular complexity index is 518. The standard InChI is InChI=1S/C17H18O/c18-17-15(11-10-13-6-2-1-3-7-13)12-14-8-4-5-9-16(14)17/h1-9,15,17-18H,10-12H2. The van der Waals surface area contributed by atoms with E-state index in [4.69, 9.17) is 0 Å². The minimum atomic E-state index is -0.273. The van der Waals surface area contributed by atoms with Crippen LogP contribution in [0.5, 0.6) is 0 Å². The van der Waals surface area contributed by atoms with E-state index >= 15 is 0 Å². The van der Waals surface area contributed by atoms with Crippen molar-refractivity contribution in [2.45, 2.75) is 25.4 Å². The molecule has 1 aliphatic rings. The van der Waals surface area contributed by atoms with Crippen LogP contribution in [0.4, 0.5) is 0 Å². The zero-order valence-electron chi connectivity index (χ0n) is 10.4. The van der Waals surface area contributed by atoms with E-state index < -0.39 is 0 Å². The summed E-state index contributed by atoms with van der Waals surface area (Å²) >= 11 is 0. The fraction of sp³-hybridized carbons (Fsp3) is 0.294. The zero-order valence-corrected chi connectivity index (χ0v) is 10.4. The third-order valence-corrected chi connectivity index (χ3v) is 3.95. The van der Waals surface area contributed by atoms with Crippen molar-refractivity contribution in [1.29, 1.82) is 0 Å². The molecule has 0 spiro atoms. The first-order chi connectivity index (χ1) is 8.84. The van der Waals surface area contributed by atoms with Gasteiger partial charge in [0.25, 0.3) is 0 Å². The summed E-state index contributed by atoms with van der Waals surface area (Å²) in [5.41, 5.74) is 3.82. The number of benzene rings is 2. The molecule has 0 bridgehead atoms. The van der Waals surface area contributed by atoms with Gasteiger partial charge in [0.05, 0.1) is 6.10 Å². The maximum absolute atomic E-state index is 10.3. The molecule has 18 heavy (non-hydrogen) atoms. The molecule has 1 aliphatic carbocycles. The summed E-state index contributed by atoms with van der Waals surface area (Å²) < 4.78 is 0. The highest BCUT2D eigenvalue weighted by molar-refractivity contribution is 5.34. The van der Waals surface area contributed by atoms with Crippen molar-refractivity contribution in [3.8, 4) is 0 Å². The van der Waals surface area contributed by atoms with Gasteiger partial charge in [-0.05, 0) is 41.9 Å². The van der Waals surface area contributed by atoms with E-state index in [2.05, 4.69) is 42.5 Å². The Balaban J connectivity index is 1.66. The van der Waals surface area contributed by atoms with Gasteiger partial charge in [0.2, 0.25) is 0 Å². The highest BCUT2D eigenvalue weighted by atomic mass is 16.3. The summed E-state index contributed by atoms with van der Waals surface area (Å²) in [5.74, 6) is 0.377. The number of aryl methyl sites for hydroxylation is 1. The van der Waals surface area contributed by atoms with Gasteiger partial charge in [-0.1, -0.05) is 54.6 Å². The highest BCUT2D eigenvalue weighted by Gasteiger charge is 2.29. The van der Waals surface area contributed by atoms with Crippen molar-refractivity contribution in [3.05, 3.63) is 71.3 Å². The number of hydrogen-bond donors (Lipinski definition) is 1. The van der Waals surface area contributed by atoms with Gasteiger partial charge in [-0.2, -0.15) is 0 Å². The van der Waals surface area contributed by atoms with Crippen LogP contribution in [0, 0.1) is 5.92 Å². The lowest BCUT2D eigenvalue weighted by Gasteiger charge is -2.14. The lowest BCUT2D eigenvalue weighted by molar-refractivity contribution is 0.118. The SMILES string of the molecule is OC1c2ccccc2CC1CCc1ccccc1. The first-order valence-corrected chi connectivity index (χ1v) is 6.64. The Hall–Kier alpha value is -1.60. The number of fused-ring (bicyclic) bond motifs is 1. The second kappa shape index (κ2) is 4.95. The molecule has 2 aromatic carbocycles. The van der Waals surface area contributed by atoms with Gasteiger partial charge in [0.1, 0.15) is 0 Å². The second-order valence-corrected chi connectivity index (χ2v) is 5.13. The normalized spacial score (nSPS) is 21.8. The molecular formula is C17H18O. The molecule has 1 N–H and O–H groups in total. The first-order valence-electron chi connectivity index (χ1n) is 6.64. The van der Waals surface area contributed by atoms with Gasteiger partial charge in [0.15, 0.2) is 0 Å². The Morgan fingerprint density at radius 1 is 0.944 bits per heavy atom. The van der Waals surface area contributed by atoms with Gasteiger partial charge in [-0.3, -0.25) is 0 Å². The smallest absolute Gasteiger partial charge is 0.0824 e. The van der Waals surface area contributed by atoms with E-state index in [9.17, 15) is 5.11 Å². The van der Waals surface area contributed by atoms with Crippen molar-refractivity contribution >= 4 is 0 Å². The van der Waals surface area contributed by atoms with Crippen molar-refractivity contribution in [3.63, 3.8) is 0 Å². The molecule has 0 fully saturated rings. The van der Waals surface area contributed by atoms with Crippen LogP contribution in [0.1, 0.15) is 29.2 Å². The second-order valence-electron chi connectivity index (χ2n) is 5.13. The molecule has 0 amide bonds. The summed E-state index contributed by atoms with van der Waals surface area (Å²) in [5, 5.41) is 10.3. The largest absolute Gasteiger partial charge is 0.388 e. The maximum atomic E-state index is 10.3. The number of hydrogen-bond acceptors (Lipinski definition) is 1. The molecule has 92 valence electrons. The predicted molar refractivity (Wildman–Crippen MR) is 73.4 cm³/mol. The van der Waals surface area contributed by atoms with Crippen LogP contribution in [-0.4, -0.2) is 5.11 Å². The van der Waals surface area contributed by atoms with Crippen molar-refractivity contribution in [1.82, 2.24) is 0 Å². The molecule has 1 nitrogen and oxygen atoms in total. The van der Waals surface area contributed by atoms with Crippen LogP contribution in [0.25, 0.3) is 0 Å². The minimum Gasteiger partial charge on any atom is -0.388 e. The molecule has 3 rings (SSSR count). The molecule has 0 saturated heterocycles. The molecule has 2 atom stereocenters. The summed E-state index contributed by atoms with van der Waals surface area (Å²) in [6, 6.07) is 18.8. The van der Waals surface area contributed by atoms with Crippen LogP contribution < -0.4 is 0 Å². The Labute approximate surface area is 108 Å². The van der Waals surface area contributed by atoms with Crippen LogP contribution in [0.2, 0.25) is 0 Å². The molecule has 0 aromatic heterocycles. The number of aliphatic hydroxyl groups excluding tert-OH is 1. The summed E-state index contributed by atoms with van der Waals surface area (Å²) in [4.78, 5) is 0. The monoisotopic (exact) mass is 238 g/mol. The molecule has 0 saturated carbocycles. The average Bonchev–Trinajstić information content (AvgIpc) is 2.75. The van der Waals surface area contributed by atoms with Gasteiger partial charge in [-0.25, -0.2) is 0 Å². The Kier molecular flexibility index (Phi) is 3.16. The fourth-order valence-electron chi connectivity index (χ4n) is 2.91. The quantitative estimate of drug-likeness (QED) is 0.867. The molecule has 0 radical (unpaired) electrons. The van der Waals surface area contributed by atoms with E-state index in [1.807, 2.05) is 12.1 Å². The van der Waals surface area contributed by atoms with Crippen LogP contribution >= 0.6 is 0 Å². The molecule has 2 aromatic rings. The van der Waals surface area contributed by atoms with Gasteiger partial charge >= 0.3 is 0 Å². The number of aliphatic hydroxyl groups is 1. The minimum absolute atomic E-state index is 0.273.